The minimum atomic E-state index is -0.515. The number of aromatic nitrogens is 1. The van der Waals surface area contributed by atoms with Crippen LogP contribution < -0.4 is 26.2 Å². The van der Waals surface area contributed by atoms with Crippen LogP contribution in [0.3, 0.4) is 0 Å². The van der Waals surface area contributed by atoms with Crippen molar-refractivity contribution in [2.45, 2.75) is 105 Å². The molecule has 0 aliphatic carbocycles. The zero-order valence-corrected chi connectivity index (χ0v) is 63.2. The monoisotopic (exact) mass is 1400 g/mol. The maximum Gasteiger partial charge on any atom is 0.252 e. The van der Waals surface area contributed by atoms with E-state index in [2.05, 4.69) is 334 Å². The largest absolute Gasteiger partial charge is 0.310 e. The van der Waals surface area contributed by atoms with Gasteiger partial charge in [-0.2, -0.15) is 0 Å². The number of hydrogen-bond acceptors (Lipinski definition) is 3. The van der Waals surface area contributed by atoms with Gasteiger partial charge in [0.15, 0.2) is 5.69 Å². The summed E-state index contributed by atoms with van der Waals surface area (Å²) in [5, 5.41) is 2.39. The van der Waals surface area contributed by atoms with Gasteiger partial charge in [0.2, 0.25) is 0 Å². The first kappa shape index (κ1) is 58.5. The number of thiophene rings is 1. The molecule has 0 amide bonds. The van der Waals surface area contributed by atoms with E-state index in [1.165, 1.54) is 31.3 Å². The number of hydrogen-bond donors (Lipinski definition) is 0. The number of anilines is 6. The van der Waals surface area contributed by atoms with Crippen molar-refractivity contribution < 1.29 is 9.60 Å². The van der Waals surface area contributed by atoms with Gasteiger partial charge >= 0.3 is 0 Å². The summed E-state index contributed by atoms with van der Waals surface area (Å²) in [6.07, 6.45) is 0. The molecule has 16 aromatic rings. The van der Waals surface area contributed by atoms with E-state index in [4.69, 9.17) is 6.57 Å². The predicted octanol–water partition coefficient (Wildman–Crippen LogP) is 27.0. The first-order chi connectivity index (χ1) is 54.4. The average molecular weight is 1400 g/mol. The molecule has 6 heteroatoms. The standard InChI is InChI=1S/C101H83BN4S/c1-98(2,3)71-34-24-31-65(49-71)68-37-43-89-86(52-68)102-85-42-41-76(104-87-36-21-20-35-77(87)82-59-75(103-13)40-44-88(82)104)60-90(85)106-92-58-74(101(10,11)12)57-91(95(92)102)105(89)96-78(61-25-16-14-17-26-61)53-72(99(4,5)6)55-80(96)69-32-22-29-63(47-69)66-38-45-93-83(50-66)84-51-67(39-46-94(84)107-93)64-30-23-33-70(48-64)81-56-73(100(7,8)9)54-79(97(81)106)62-27-18-15-19-28-62/h14-60H,1-12H3/i20D,21D,35D,36D,40D,44D,59D. The molecule has 3 aliphatic rings. The van der Waals surface area contributed by atoms with Crippen molar-refractivity contribution >= 4 is 116 Å². The topological polar surface area (TPSA) is 15.8 Å². The molecule has 0 fully saturated rings. The Hall–Kier alpha value is -11.7. The second kappa shape index (κ2) is 24.1. The van der Waals surface area contributed by atoms with Gasteiger partial charge in [-0.05, 0) is 230 Å². The molecule has 5 heterocycles. The van der Waals surface area contributed by atoms with Gasteiger partial charge in [0.25, 0.3) is 6.71 Å². The molecule has 3 aliphatic heterocycles. The second-order valence-electron chi connectivity index (χ2n) is 33.5. The number of benzene rings is 14. The Kier molecular flexibility index (Phi) is 13.2. The molecular formula is C101H83BN4S. The van der Waals surface area contributed by atoms with Crippen molar-refractivity contribution in [2.24, 2.45) is 0 Å². The Balaban J connectivity index is 1.05. The summed E-state index contributed by atoms with van der Waals surface area (Å²) < 4.78 is 71.7. The first-order valence-corrected chi connectivity index (χ1v) is 38.0. The maximum absolute atomic E-state index is 10.0. The Morgan fingerprint density at radius 1 is 0.346 bits per heavy atom. The highest BCUT2D eigenvalue weighted by molar-refractivity contribution is 7.25. The minimum Gasteiger partial charge on any atom is -0.310 e. The fourth-order valence-corrected chi connectivity index (χ4v) is 17.9. The van der Waals surface area contributed by atoms with Gasteiger partial charge in [0.1, 0.15) is 0 Å². The average Bonchev–Trinajstić information content (AvgIpc) is 0.873. The van der Waals surface area contributed by atoms with E-state index >= 15 is 0 Å². The molecule has 516 valence electrons. The predicted molar refractivity (Wildman–Crippen MR) is 460 cm³/mol. The maximum atomic E-state index is 10.0. The van der Waals surface area contributed by atoms with Crippen molar-refractivity contribution in [3.8, 4) is 83.6 Å². The van der Waals surface area contributed by atoms with Crippen LogP contribution in [-0.2, 0) is 21.7 Å². The Labute approximate surface area is 643 Å². The Bertz CT molecular complexity index is 6900. The molecule has 2 aromatic heterocycles. The number of fused-ring (bicyclic) bond motifs is 23. The molecule has 19 rings (SSSR count). The molecule has 4 nitrogen and oxygen atoms in total. The van der Waals surface area contributed by atoms with Crippen LogP contribution in [0.4, 0.5) is 39.8 Å². The molecular weight excluding hydrogens is 1310 g/mol. The van der Waals surface area contributed by atoms with Crippen LogP contribution in [0.5, 0.6) is 0 Å². The summed E-state index contributed by atoms with van der Waals surface area (Å²) in [5.41, 5.74) is 26.7. The van der Waals surface area contributed by atoms with E-state index in [0.29, 0.717) is 5.69 Å². The summed E-state index contributed by atoms with van der Waals surface area (Å²) in [5.74, 6) is 0. The van der Waals surface area contributed by atoms with E-state index in [1.807, 2.05) is 17.4 Å². The normalized spacial score (nSPS) is 14.1. The highest BCUT2D eigenvalue weighted by atomic mass is 32.1. The van der Waals surface area contributed by atoms with Crippen LogP contribution in [0.2, 0.25) is 0 Å². The summed E-state index contributed by atoms with van der Waals surface area (Å²) in [4.78, 5) is 8.77. The zero-order valence-electron chi connectivity index (χ0n) is 69.4. The van der Waals surface area contributed by atoms with Crippen LogP contribution in [0.15, 0.2) is 285 Å². The lowest BCUT2D eigenvalue weighted by molar-refractivity contribution is 0.590. The Morgan fingerprint density at radius 2 is 0.804 bits per heavy atom. The molecule has 0 radical (unpaired) electrons. The van der Waals surface area contributed by atoms with Crippen molar-refractivity contribution in [3.05, 3.63) is 319 Å². The van der Waals surface area contributed by atoms with Crippen molar-refractivity contribution in [2.75, 3.05) is 9.80 Å². The molecule has 14 aromatic carbocycles. The van der Waals surface area contributed by atoms with Gasteiger partial charge < -0.3 is 14.4 Å². The summed E-state index contributed by atoms with van der Waals surface area (Å²) in [6, 6.07) is 87.8. The van der Waals surface area contributed by atoms with Gasteiger partial charge in [-0.1, -0.05) is 259 Å². The third kappa shape index (κ3) is 10.8. The third-order valence-electron chi connectivity index (χ3n) is 22.5. The number of rotatable bonds is 4. The lowest BCUT2D eigenvalue weighted by atomic mass is 9.33. The molecule has 13 bridgehead atoms. The SMILES string of the molecule is [2H]c1c([2H])c([2H])c2c(c1[2H])c1c([2H])c([N+]#[C-])c([2H])c([2H])c1n2-c1ccc2c(c1)N1c3cc(C(C)(C)C)cc4c3B2c2cc(-c3cccc(C(C)(C)C)c3)ccc2N4c2c(-c3ccccc3)cc(C(C)(C)C)cc2-c2cccc(c2)-c2ccc3sc4ccc(cc4c3c2)-c2cccc(c2)-c2cc(C(C)(C)C)cc(-c3ccccc3)c21. The first-order valence-electron chi connectivity index (χ1n) is 40.7. The summed E-state index contributed by atoms with van der Waals surface area (Å²) in [7, 11) is 0. The van der Waals surface area contributed by atoms with Crippen molar-refractivity contribution in [1.82, 2.24) is 4.57 Å². The smallest absolute Gasteiger partial charge is 0.252 e. The van der Waals surface area contributed by atoms with E-state index in [-0.39, 0.29) is 61.9 Å². The van der Waals surface area contributed by atoms with Gasteiger partial charge in [-0.15, -0.1) is 11.3 Å². The quantitative estimate of drug-likeness (QED) is 0.129. The fourth-order valence-electron chi connectivity index (χ4n) is 16.8. The molecule has 107 heavy (non-hydrogen) atoms. The highest BCUT2D eigenvalue weighted by Gasteiger charge is 2.47. The van der Waals surface area contributed by atoms with Gasteiger partial charge in [0, 0.05) is 79.0 Å². The molecule has 0 unspecified atom stereocenters. The number of para-hydroxylation sites is 1. The molecule has 0 spiro atoms. The summed E-state index contributed by atoms with van der Waals surface area (Å²) >= 11 is 1.82. The molecule has 0 atom stereocenters. The highest BCUT2D eigenvalue weighted by Crippen LogP contribution is 2.56. The van der Waals surface area contributed by atoms with Crippen LogP contribution in [-0.4, -0.2) is 11.3 Å². The van der Waals surface area contributed by atoms with Gasteiger partial charge in [-0.3, -0.25) is 0 Å². The van der Waals surface area contributed by atoms with Crippen LogP contribution in [0.1, 0.15) is 115 Å². The van der Waals surface area contributed by atoms with Crippen LogP contribution in [0.25, 0.3) is 130 Å². The lowest BCUT2D eigenvalue weighted by Gasteiger charge is -2.47. The lowest BCUT2D eigenvalue weighted by Crippen LogP contribution is -2.61. The van der Waals surface area contributed by atoms with E-state index in [9.17, 15) is 9.60 Å². The Morgan fingerprint density at radius 3 is 1.36 bits per heavy atom. The van der Waals surface area contributed by atoms with Crippen molar-refractivity contribution in [1.29, 1.82) is 0 Å². The third-order valence-corrected chi connectivity index (χ3v) is 23.7. The molecule has 0 saturated heterocycles. The number of nitrogens with zero attached hydrogens (tertiary/aromatic N) is 4. The van der Waals surface area contributed by atoms with Gasteiger partial charge in [-0.25, -0.2) is 4.85 Å². The van der Waals surface area contributed by atoms with E-state index in [1.54, 1.807) is 4.57 Å². The summed E-state index contributed by atoms with van der Waals surface area (Å²) in [6.45, 7) is 35.3. The van der Waals surface area contributed by atoms with E-state index in [0.717, 1.165) is 140 Å². The van der Waals surface area contributed by atoms with Gasteiger partial charge in [0.05, 0.1) is 35.8 Å². The zero-order chi connectivity index (χ0) is 79.4. The van der Waals surface area contributed by atoms with Crippen molar-refractivity contribution in [3.63, 3.8) is 0 Å². The van der Waals surface area contributed by atoms with E-state index < -0.39 is 36.3 Å². The van der Waals surface area contributed by atoms with Crippen LogP contribution >= 0.6 is 11.3 Å². The fraction of sp³-hybridized carbons (Fsp3) is 0.158. The second-order valence-corrected chi connectivity index (χ2v) is 34.6. The minimum absolute atomic E-state index is 0.00320. The van der Waals surface area contributed by atoms with Crippen LogP contribution in [0, 0.1) is 6.57 Å². The molecule has 0 N–H and O–H groups in total. The molecule has 0 saturated carbocycles.